The van der Waals surface area contributed by atoms with E-state index in [4.69, 9.17) is 0 Å². The first-order valence-corrected chi connectivity index (χ1v) is 6.48. The van der Waals surface area contributed by atoms with E-state index in [-0.39, 0.29) is 12.2 Å². The largest absolute Gasteiger partial charge is 0.324 e. The van der Waals surface area contributed by atoms with E-state index < -0.39 is 16.4 Å². The summed E-state index contributed by atoms with van der Waals surface area (Å²) in [6.45, 7) is -0.336. The molecule has 3 aromatic rings. The highest BCUT2D eigenvalue weighted by atomic mass is 16.6. The average Bonchev–Trinajstić information content (AvgIpc) is 2.96. The summed E-state index contributed by atoms with van der Waals surface area (Å²) in [5.74, 6) is -0.490. The second-order valence-corrected chi connectivity index (χ2v) is 4.69. The van der Waals surface area contributed by atoms with Crippen LogP contribution in [0.1, 0.15) is 0 Å². The summed E-state index contributed by atoms with van der Waals surface area (Å²) in [5, 5.41) is 23.6. The zero-order chi connectivity index (χ0) is 16.4. The molecule has 0 aliphatic carbocycles. The molecule has 3 rings (SSSR count). The first-order chi connectivity index (χ1) is 11.0. The number of nitrogens with zero attached hydrogens (tertiary/aromatic N) is 4. The maximum Gasteiger partial charge on any atom is 0.285 e. The van der Waals surface area contributed by atoms with Gasteiger partial charge in [0.25, 0.3) is 11.2 Å². The molecule has 1 aromatic carbocycles. The fraction of sp³-hybridized carbons (Fsp3) is 0.0769. The van der Waals surface area contributed by atoms with Gasteiger partial charge in [-0.2, -0.15) is 15.4 Å². The molecule has 10 nitrogen and oxygen atoms in total. The van der Waals surface area contributed by atoms with E-state index in [1.54, 1.807) is 18.2 Å². The summed E-state index contributed by atoms with van der Waals surface area (Å²) in [7, 11) is 0. The molecule has 0 radical (unpaired) electrons. The Morgan fingerprint density at radius 2 is 2.04 bits per heavy atom. The monoisotopic (exact) mass is 314 g/mol. The molecule has 2 heterocycles. The molecule has 10 heteroatoms. The van der Waals surface area contributed by atoms with E-state index in [0.29, 0.717) is 16.7 Å². The van der Waals surface area contributed by atoms with Gasteiger partial charge in [0.15, 0.2) is 0 Å². The van der Waals surface area contributed by atoms with Gasteiger partial charge in [-0.15, -0.1) is 0 Å². The molecular formula is C13H10N6O4. The van der Waals surface area contributed by atoms with Crippen molar-refractivity contribution in [3.63, 3.8) is 0 Å². The second-order valence-electron chi connectivity index (χ2n) is 4.69. The van der Waals surface area contributed by atoms with Crippen LogP contribution in [0.15, 0.2) is 41.3 Å². The predicted octanol–water partition coefficient (Wildman–Crippen LogP) is 0.666. The van der Waals surface area contributed by atoms with E-state index in [1.165, 1.54) is 0 Å². The number of fused-ring (bicyclic) bond motifs is 1. The molecule has 0 atom stereocenters. The van der Waals surface area contributed by atoms with Crippen LogP contribution in [0.5, 0.6) is 0 Å². The molecule has 1 amide bonds. The predicted molar refractivity (Wildman–Crippen MR) is 79.9 cm³/mol. The number of rotatable bonds is 4. The number of hydrogen-bond acceptors (Lipinski definition) is 6. The molecular weight excluding hydrogens is 304 g/mol. The molecule has 0 unspecified atom stereocenters. The minimum Gasteiger partial charge on any atom is -0.324 e. The van der Waals surface area contributed by atoms with Crippen molar-refractivity contribution in [3.05, 3.63) is 57.0 Å². The molecule has 2 aromatic heterocycles. The smallest absolute Gasteiger partial charge is 0.285 e. The zero-order valence-electron chi connectivity index (χ0n) is 11.6. The maximum atomic E-state index is 12.0. The van der Waals surface area contributed by atoms with Crippen LogP contribution in [0, 0.1) is 10.1 Å². The third kappa shape index (κ3) is 3.05. The Morgan fingerprint density at radius 1 is 1.26 bits per heavy atom. The lowest BCUT2D eigenvalue weighted by Crippen LogP contribution is -2.26. The molecule has 0 aliphatic rings. The summed E-state index contributed by atoms with van der Waals surface area (Å²) in [6, 6.07) is 7.07. The SMILES string of the molecule is O=C(Cn1cc([N+](=O)[O-])ccc1=O)Nc1ccc2n[nH]nc2c1. The number of amides is 1. The number of aromatic nitrogens is 4. The summed E-state index contributed by atoms with van der Waals surface area (Å²) >= 11 is 0. The van der Waals surface area contributed by atoms with Gasteiger partial charge in [0.05, 0.1) is 11.1 Å². The lowest BCUT2D eigenvalue weighted by molar-refractivity contribution is -0.385. The molecule has 0 fully saturated rings. The number of H-pyrrole nitrogens is 1. The minimum absolute atomic E-state index is 0.263. The van der Waals surface area contributed by atoms with E-state index in [9.17, 15) is 19.7 Å². The Hall–Kier alpha value is -3.56. The Bertz CT molecular complexity index is 960. The van der Waals surface area contributed by atoms with Crippen LogP contribution in [-0.2, 0) is 11.3 Å². The van der Waals surface area contributed by atoms with Crippen molar-refractivity contribution < 1.29 is 9.72 Å². The van der Waals surface area contributed by atoms with Gasteiger partial charge in [-0.05, 0) is 18.2 Å². The third-order valence-electron chi connectivity index (χ3n) is 3.09. The van der Waals surface area contributed by atoms with Crippen molar-refractivity contribution in [2.24, 2.45) is 0 Å². The van der Waals surface area contributed by atoms with Crippen LogP contribution in [0.3, 0.4) is 0 Å². The van der Waals surface area contributed by atoms with Crippen LogP contribution in [0.25, 0.3) is 11.0 Å². The van der Waals surface area contributed by atoms with Gasteiger partial charge < -0.3 is 5.32 Å². The number of nitrogens with one attached hydrogen (secondary N) is 2. The summed E-state index contributed by atoms with van der Waals surface area (Å²) in [4.78, 5) is 33.7. The number of pyridine rings is 1. The lowest BCUT2D eigenvalue weighted by Gasteiger charge is -2.07. The Balaban J connectivity index is 1.77. The number of anilines is 1. The Labute approximate surface area is 127 Å². The standard InChI is InChI=1S/C13H10N6O4/c20-12(7-18-6-9(19(22)23)2-4-13(18)21)14-8-1-3-10-11(5-8)16-17-15-10/h1-6H,7H2,(H,14,20)(H,15,16,17). The number of benzene rings is 1. The lowest BCUT2D eigenvalue weighted by atomic mass is 10.2. The zero-order valence-corrected chi connectivity index (χ0v) is 11.6. The first kappa shape index (κ1) is 14.4. The first-order valence-electron chi connectivity index (χ1n) is 6.48. The molecule has 0 spiro atoms. The van der Waals surface area contributed by atoms with Crippen molar-refractivity contribution in [2.75, 3.05) is 5.32 Å². The average molecular weight is 314 g/mol. The molecule has 0 bridgehead atoms. The number of hydrogen-bond donors (Lipinski definition) is 2. The van der Waals surface area contributed by atoms with Gasteiger partial charge in [0, 0.05) is 17.8 Å². The molecule has 0 aliphatic heterocycles. The number of nitro groups is 1. The quantitative estimate of drug-likeness (QED) is 0.536. The van der Waals surface area contributed by atoms with E-state index >= 15 is 0 Å². The van der Waals surface area contributed by atoms with Gasteiger partial charge in [0.2, 0.25) is 5.91 Å². The van der Waals surface area contributed by atoms with Crippen molar-refractivity contribution in [1.82, 2.24) is 20.0 Å². The van der Waals surface area contributed by atoms with Crippen molar-refractivity contribution in [1.29, 1.82) is 0 Å². The van der Waals surface area contributed by atoms with Gasteiger partial charge >= 0.3 is 0 Å². The van der Waals surface area contributed by atoms with Gasteiger partial charge in [-0.1, -0.05) is 0 Å². The Kier molecular flexibility index (Phi) is 3.55. The van der Waals surface area contributed by atoms with Gasteiger partial charge in [-0.3, -0.25) is 24.3 Å². The number of carbonyl (C=O) groups excluding carboxylic acids is 1. The van der Waals surface area contributed by atoms with Crippen LogP contribution in [0.4, 0.5) is 11.4 Å². The van der Waals surface area contributed by atoms with Crippen LogP contribution in [-0.4, -0.2) is 30.8 Å². The molecule has 23 heavy (non-hydrogen) atoms. The van der Waals surface area contributed by atoms with E-state index in [1.807, 2.05) is 0 Å². The fourth-order valence-electron chi connectivity index (χ4n) is 2.02. The number of aromatic amines is 1. The summed E-state index contributed by atoms with van der Waals surface area (Å²) in [5.41, 5.74) is 0.946. The van der Waals surface area contributed by atoms with Gasteiger partial charge in [-0.25, -0.2) is 0 Å². The highest BCUT2D eigenvalue weighted by Gasteiger charge is 2.11. The summed E-state index contributed by atoms with van der Waals surface area (Å²) in [6.07, 6.45) is 1.03. The molecule has 0 saturated carbocycles. The second kappa shape index (κ2) is 5.67. The maximum absolute atomic E-state index is 12.0. The van der Waals surface area contributed by atoms with Crippen LogP contribution >= 0.6 is 0 Å². The number of carbonyl (C=O) groups is 1. The molecule has 2 N–H and O–H groups in total. The van der Waals surface area contributed by atoms with E-state index in [0.717, 1.165) is 22.9 Å². The van der Waals surface area contributed by atoms with Gasteiger partial charge in [0.1, 0.15) is 17.6 Å². The highest BCUT2D eigenvalue weighted by Crippen LogP contribution is 2.14. The third-order valence-corrected chi connectivity index (χ3v) is 3.09. The fourth-order valence-corrected chi connectivity index (χ4v) is 2.02. The normalized spacial score (nSPS) is 10.6. The summed E-state index contributed by atoms with van der Waals surface area (Å²) < 4.78 is 0.974. The molecule has 116 valence electrons. The minimum atomic E-state index is -0.633. The highest BCUT2D eigenvalue weighted by molar-refractivity contribution is 5.92. The van der Waals surface area contributed by atoms with Crippen LogP contribution < -0.4 is 10.9 Å². The van der Waals surface area contributed by atoms with E-state index in [2.05, 4.69) is 20.7 Å². The van der Waals surface area contributed by atoms with Crippen molar-refractivity contribution in [2.45, 2.75) is 6.54 Å². The van der Waals surface area contributed by atoms with Crippen LogP contribution in [0.2, 0.25) is 0 Å². The Morgan fingerprint density at radius 3 is 2.83 bits per heavy atom. The topological polar surface area (TPSA) is 136 Å². The molecule has 0 saturated heterocycles. The van der Waals surface area contributed by atoms with Crippen molar-refractivity contribution >= 4 is 28.3 Å². The van der Waals surface area contributed by atoms with Crippen molar-refractivity contribution in [3.8, 4) is 0 Å².